The number of hydrogen-bond donors (Lipinski definition) is 1. The highest BCUT2D eigenvalue weighted by Gasteiger charge is 2.30. The van der Waals surface area contributed by atoms with E-state index in [1.54, 1.807) is 0 Å². The van der Waals surface area contributed by atoms with Crippen LogP contribution in [0.2, 0.25) is 0 Å². The predicted octanol–water partition coefficient (Wildman–Crippen LogP) is 2.52. The third kappa shape index (κ3) is 5.75. The minimum absolute atomic E-state index is 0.102. The number of epoxide rings is 1. The van der Waals surface area contributed by atoms with Crippen LogP contribution in [0.3, 0.4) is 0 Å². The molecule has 1 aromatic rings. The van der Waals surface area contributed by atoms with Gasteiger partial charge in [-0.2, -0.15) is 4.31 Å². The minimum atomic E-state index is -3.82. The molecule has 1 saturated heterocycles. The molecule has 1 aromatic carbocycles. The zero-order valence-electron chi connectivity index (χ0n) is 15.3. The summed E-state index contributed by atoms with van der Waals surface area (Å²) in [7, 11) is -2.38. The molecule has 1 aliphatic heterocycles. The largest absolute Gasteiger partial charge is 0.481 e. The van der Waals surface area contributed by atoms with Crippen LogP contribution < -0.4 is 0 Å². The molecule has 1 fully saturated rings. The fraction of sp³-hybridized carbons (Fsp3) is 0.611. The summed E-state index contributed by atoms with van der Waals surface area (Å²) in [6.45, 7) is 4.65. The van der Waals surface area contributed by atoms with Crippen molar-refractivity contribution >= 4 is 16.0 Å². The molecule has 0 aliphatic carbocycles. The fourth-order valence-corrected chi connectivity index (χ4v) is 4.19. The van der Waals surface area contributed by atoms with Crippen LogP contribution in [0.4, 0.5) is 4.39 Å². The van der Waals surface area contributed by atoms with Crippen LogP contribution in [0.5, 0.6) is 0 Å². The van der Waals surface area contributed by atoms with Gasteiger partial charge in [0.15, 0.2) is 0 Å². The molecule has 1 heterocycles. The van der Waals surface area contributed by atoms with E-state index in [0.717, 1.165) is 10.4 Å². The summed E-state index contributed by atoms with van der Waals surface area (Å²) in [5.41, 5.74) is 0.481. The van der Waals surface area contributed by atoms with Gasteiger partial charge in [0.1, 0.15) is 5.82 Å². The molecule has 0 radical (unpaired) electrons. The number of likely N-dealkylation sites (N-methyl/N-ethyl adjacent to an activating group) is 1. The number of ether oxygens (including phenoxy) is 1. The molecule has 1 N–H and O–H groups in total. The molecule has 2 atom stereocenters. The third-order valence-electron chi connectivity index (χ3n) is 4.39. The van der Waals surface area contributed by atoms with Gasteiger partial charge in [-0.25, -0.2) is 12.8 Å². The number of halogens is 1. The third-order valence-corrected chi connectivity index (χ3v) is 6.19. The maximum Gasteiger partial charge on any atom is 0.306 e. The van der Waals surface area contributed by atoms with E-state index in [1.165, 1.54) is 19.2 Å². The van der Waals surface area contributed by atoms with E-state index in [2.05, 4.69) is 0 Å². The van der Waals surface area contributed by atoms with Crippen LogP contribution in [0.25, 0.3) is 0 Å². The van der Waals surface area contributed by atoms with Crippen molar-refractivity contribution in [2.24, 2.45) is 11.8 Å². The van der Waals surface area contributed by atoms with Gasteiger partial charge in [-0.3, -0.25) is 4.79 Å². The van der Waals surface area contributed by atoms with Gasteiger partial charge in [-0.15, -0.1) is 0 Å². The Labute approximate surface area is 154 Å². The average Bonchev–Trinajstić information content (AvgIpc) is 3.34. The predicted molar refractivity (Wildman–Crippen MR) is 94.9 cm³/mol. The van der Waals surface area contributed by atoms with E-state index >= 15 is 0 Å². The number of hydrogen-bond acceptors (Lipinski definition) is 4. The van der Waals surface area contributed by atoms with E-state index in [9.17, 15) is 22.7 Å². The average molecular weight is 387 g/mol. The molecule has 1 unspecified atom stereocenters. The summed E-state index contributed by atoms with van der Waals surface area (Å²) >= 11 is 0. The van der Waals surface area contributed by atoms with Gasteiger partial charge in [0.25, 0.3) is 0 Å². The standard InChI is InChI=1S/C18H26FNO5S/c1-12(2)6-14(18(21)22)5-4-13-7-15(19)9-17(8-13)26(23,24)20(3)10-16-11-25-16/h7-9,12,14,16H,4-6,10-11H2,1-3H3,(H,21,22)/t14-,16?/m0/s1. The molecule has 0 amide bonds. The van der Waals surface area contributed by atoms with Crippen molar-refractivity contribution in [2.45, 2.75) is 44.1 Å². The number of carboxylic acid groups (broad SMARTS) is 1. The van der Waals surface area contributed by atoms with Crippen molar-refractivity contribution in [1.29, 1.82) is 0 Å². The van der Waals surface area contributed by atoms with Crippen molar-refractivity contribution in [2.75, 3.05) is 20.2 Å². The van der Waals surface area contributed by atoms with Crippen molar-refractivity contribution in [3.05, 3.63) is 29.6 Å². The molecule has 8 heteroatoms. The van der Waals surface area contributed by atoms with E-state index in [1.807, 2.05) is 13.8 Å². The minimum Gasteiger partial charge on any atom is -0.481 e. The first-order valence-electron chi connectivity index (χ1n) is 8.69. The van der Waals surface area contributed by atoms with Crippen LogP contribution in [-0.4, -0.2) is 50.1 Å². The summed E-state index contributed by atoms with van der Waals surface area (Å²) < 4.78 is 45.4. The topological polar surface area (TPSA) is 87.2 Å². The number of sulfonamides is 1. The van der Waals surface area contributed by atoms with E-state index in [-0.39, 0.29) is 23.5 Å². The smallest absolute Gasteiger partial charge is 0.306 e. The number of aliphatic carboxylic acids is 1. The summed E-state index contributed by atoms with van der Waals surface area (Å²) in [5, 5.41) is 9.31. The molecular weight excluding hydrogens is 361 g/mol. The zero-order chi connectivity index (χ0) is 19.5. The Morgan fingerprint density at radius 2 is 2.04 bits per heavy atom. The maximum atomic E-state index is 14.0. The Morgan fingerprint density at radius 1 is 1.38 bits per heavy atom. The molecular formula is C18H26FNO5S. The molecule has 0 aromatic heterocycles. The Kier molecular flexibility index (Phi) is 6.76. The lowest BCUT2D eigenvalue weighted by molar-refractivity contribution is -0.142. The van der Waals surface area contributed by atoms with Gasteiger partial charge in [-0.1, -0.05) is 13.8 Å². The van der Waals surface area contributed by atoms with Crippen molar-refractivity contribution < 1.29 is 27.4 Å². The normalized spacial score (nSPS) is 18.3. The van der Waals surface area contributed by atoms with Crippen LogP contribution in [-0.2, 0) is 26.0 Å². The summed E-state index contributed by atoms with van der Waals surface area (Å²) in [6.07, 6.45) is 1.07. The SMILES string of the molecule is CC(C)C[C@H](CCc1cc(F)cc(S(=O)(=O)N(C)CC2CO2)c1)C(=O)O. The first-order chi connectivity index (χ1) is 12.1. The molecule has 6 nitrogen and oxygen atoms in total. The second-order valence-corrected chi connectivity index (χ2v) is 9.28. The number of aryl methyl sites for hydroxylation is 1. The van der Waals surface area contributed by atoms with E-state index in [0.29, 0.717) is 31.4 Å². The van der Waals surface area contributed by atoms with Crippen LogP contribution in [0.15, 0.2) is 23.1 Å². The molecule has 2 rings (SSSR count). The lowest BCUT2D eigenvalue weighted by atomic mass is 9.91. The molecule has 0 spiro atoms. The number of nitrogens with zero attached hydrogens (tertiary/aromatic N) is 1. The Bertz CT molecular complexity index is 746. The van der Waals surface area contributed by atoms with Crippen LogP contribution in [0, 0.1) is 17.7 Å². The fourth-order valence-electron chi connectivity index (χ4n) is 2.90. The van der Waals surface area contributed by atoms with Crippen LogP contribution >= 0.6 is 0 Å². The Hall–Kier alpha value is -1.51. The molecule has 0 saturated carbocycles. The Balaban J connectivity index is 2.14. The van der Waals surface area contributed by atoms with Crippen molar-refractivity contribution in [3.8, 4) is 0 Å². The quantitative estimate of drug-likeness (QED) is 0.624. The zero-order valence-corrected chi connectivity index (χ0v) is 16.1. The number of rotatable bonds is 10. The Morgan fingerprint density at radius 3 is 2.58 bits per heavy atom. The second kappa shape index (κ2) is 8.45. The molecule has 26 heavy (non-hydrogen) atoms. The first kappa shape index (κ1) is 20.8. The molecule has 1 aliphatic rings. The first-order valence-corrected chi connectivity index (χ1v) is 10.1. The van der Waals surface area contributed by atoms with Gasteiger partial charge < -0.3 is 9.84 Å². The van der Waals surface area contributed by atoms with Crippen molar-refractivity contribution in [3.63, 3.8) is 0 Å². The summed E-state index contributed by atoms with van der Waals surface area (Å²) in [5.74, 6) is -1.83. The number of carboxylic acids is 1. The lowest BCUT2D eigenvalue weighted by Gasteiger charge is -2.17. The highest BCUT2D eigenvalue weighted by Crippen LogP contribution is 2.23. The van der Waals surface area contributed by atoms with Gasteiger partial charge in [0.2, 0.25) is 10.0 Å². The highest BCUT2D eigenvalue weighted by atomic mass is 32.2. The van der Waals surface area contributed by atoms with Gasteiger partial charge in [0, 0.05) is 13.6 Å². The summed E-state index contributed by atoms with van der Waals surface area (Å²) in [4.78, 5) is 11.2. The summed E-state index contributed by atoms with van der Waals surface area (Å²) in [6, 6.07) is 3.68. The maximum absolute atomic E-state index is 14.0. The van der Waals surface area contributed by atoms with Gasteiger partial charge >= 0.3 is 5.97 Å². The molecule has 146 valence electrons. The second-order valence-electron chi connectivity index (χ2n) is 7.24. The monoisotopic (exact) mass is 387 g/mol. The van der Waals surface area contributed by atoms with Crippen molar-refractivity contribution in [1.82, 2.24) is 4.31 Å². The highest BCUT2D eigenvalue weighted by molar-refractivity contribution is 7.89. The van der Waals surface area contributed by atoms with Crippen LogP contribution in [0.1, 0.15) is 32.3 Å². The molecule has 0 bridgehead atoms. The lowest BCUT2D eigenvalue weighted by Crippen LogP contribution is -2.30. The van der Waals surface area contributed by atoms with E-state index < -0.39 is 27.7 Å². The number of benzene rings is 1. The van der Waals surface area contributed by atoms with E-state index in [4.69, 9.17) is 4.74 Å². The van der Waals surface area contributed by atoms with Gasteiger partial charge in [0.05, 0.1) is 23.5 Å². The van der Waals surface area contributed by atoms with Gasteiger partial charge in [-0.05, 0) is 48.9 Å². The number of carbonyl (C=O) groups is 1.